The van der Waals surface area contributed by atoms with Gasteiger partial charge in [0, 0.05) is 5.57 Å². The highest BCUT2D eigenvalue weighted by molar-refractivity contribution is 5.91. The predicted octanol–water partition coefficient (Wildman–Crippen LogP) is 5.95. The van der Waals surface area contributed by atoms with E-state index in [0.717, 1.165) is 12.8 Å². The highest BCUT2D eigenvalue weighted by Crippen LogP contribution is 2.13. The van der Waals surface area contributed by atoms with Crippen molar-refractivity contribution in [2.75, 3.05) is 0 Å². The van der Waals surface area contributed by atoms with Crippen LogP contribution in [0.2, 0.25) is 0 Å². The summed E-state index contributed by atoms with van der Waals surface area (Å²) >= 11 is 0. The van der Waals surface area contributed by atoms with Crippen molar-refractivity contribution in [3.05, 3.63) is 11.6 Å². The van der Waals surface area contributed by atoms with Gasteiger partial charge >= 0.3 is 11.9 Å². The summed E-state index contributed by atoms with van der Waals surface area (Å²) in [5.74, 6) is -2.21. The van der Waals surface area contributed by atoms with E-state index in [2.05, 4.69) is 6.92 Å². The van der Waals surface area contributed by atoms with Gasteiger partial charge in [0.15, 0.2) is 0 Å². The third-order valence-electron chi connectivity index (χ3n) is 4.31. The summed E-state index contributed by atoms with van der Waals surface area (Å²) < 4.78 is 0. The van der Waals surface area contributed by atoms with Gasteiger partial charge in [0.1, 0.15) is 0 Å². The molecule has 0 amide bonds. The molecule has 0 heterocycles. The van der Waals surface area contributed by atoms with Gasteiger partial charge in [-0.3, -0.25) is 4.79 Å². The van der Waals surface area contributed by atoms with Crippen LogP contribution in [-0.4, -0.2) is 22.2 Å². The molecule has 140 valence electrons. The average Bonchev–Trinajstić information content (AvgIpc) is 2.53. The third kappa shape index (κ3) is 15.6. The minimum Gasteiger partial charge on any atom is -0.481 e. The van der Waals surface area contributed by atoms with Crippen molar-refractivity contribution in [3.8, 4) is 0 Å². The minimum atomic E-state index is -1.12. The summed E-state index contributed by atoms with van der Waals surface area (Å²) in [4.78, 5) is 21.4. The predicted molar refractivity (Wildman–Crippen MR) is 98.3 cm³/mol. The van der Waals surface area contributed by atoms with Gasteiger partial charge in [-0.15, -0.1) is 0 Å². The Bertz CT molecular complexity index is 361. The standard InChI is InChI=1S/C20H36O4/c1-2-3-4-5-6-7-8-9-10-11-12-13-14-15-16-18(20(23)24)17-19(21)22/h16H,2-15,17H2,1H3,(H,21,22)(H,23,24). The summed E-state index contributed by atoms with van der Waals surface area (Å²) in [6, 6.07) is 0. The summed E-state index contributed by atoms with van der Waals surface area (Å²) in [5, 5.41) is 17.5. The van der Waals surface area contributed by atoms with Crippen molar-refractivity contribution in [1.82, 2.24) is 0 Å². The van der Waals surface area contributed by atoms with Crippen LogP contribution in [0.3, 0.4) is 0 Å². The molecule has 4 nitrogen and oxygen atoms in total. The van der Waals surface area contributed by atoms with Crippen LogP contribution in [0.1, 0.15) is 103 Å². The first kappa shape index (κ1) is 22.7. The molecule has 0 aromatic rings. The van der Waals surface area contributed by atoms with Gasteiger partial charge in [0.2, 0.25) is 0 Å². The number of aliphatic carboxylic acids is 2. The Labute approximate surface area is 147 Å². The molecule has 0 saturated carbocycles. The fourth-order valence-corrected chi connectivity index (χ4v) is 2.84. The van der Waals surface area contributed by atoms with Gasteiger partial charge in [0.05, 0.1) is 6.42 Å². The second-order valence-corrected chi connectivity index (χ2v) is 6.64. The molecule has 0 unspecified atom stereocenters. The number of hydrogen-bond acceptors (Lipinski definition) is 2. The van der Waals surface area contributed by atoms with Crippen LogP contribution in [0.15, 0.2) is 11.6 Å². The van der Waals surface area contributed by atoms with E-state index in [1.807, 2.05) is 0 Å². The Morgan fingerprint density at radius 1 is 0.708 bits per heavy atom. The van der Waals surface area contributed by atoms with E-state index in [0.29, 0.717) is 6.42 Å². The molecule has 0 bridgehead atoms. The normalized spacial score (nSPS) is 11.6. The van der Waals surface area contributed by atoms with Crippen molar-refractivity contribution < 1.29 is 19.8 Å². The molecule has 24 heavy (non-hydrogen) atoms. The molecule has 0 aliphatic heterocycles. The summed E-state index contributed by atoms with van der Waals surface area (Å²) in [7, 11) is 0. The number of carboxylic acids is 2. The van der Waals surface area contributed by atoms with E-state index < -0.39 is 18.4 Å². The molecule has 0 aliphatic carbocycles. The largest absolute Gasteiger partial charge is 0.481 e. The minimum absolute atomic E-state index is 0.00133. The zero-order valence-electron chi connectivity index (χ0n) is 15.4. The van der Waals surface area contributed by atoms with E-state index in [-0.39, 0.29) is 5.57 Å². The lowest BCUT2D eigenvalue weighted by Gasteiger charge is -2.03. The summed E-state index contributed by atoms with van der Waals surface area (Å²) in [6.07, 6.45) is 18.5. The van der Waals surface area contributed by atoms with Crippen molar-refractivity contribution in [2.24, 2.45) is 0 Å². The van der Waals surface area contributed by atoms with E-state index >= 15 is 0 Å². The fraction of sp³-hybridized carbons (Fsp3) is 0.800. The Morgan fingerprint density at radius 3 is 1.50 bits per heavy atom. The maximum Gasteiger partial charge on any atom is 0.331 e. The van der Waals surface area contributed by atoms with E-state index in [9.17, 15) is 9.59 Å². The van der Waals surface area contributed by atoms with Gasteiger partial charge in [-0.2, -0.15) is 0 Å². The lowest BCUT2D eigenvalue weighted by molar-refractivity contribution is -0.139. The maximum atomic E-state index is 10.9. The van der Waals surface area contributed by atoms with Crippen molar-refractivity contribution in [2.45, 2.75) is 103 Å². The van der Waals surface area contributed by atoms with Crippen LogP contribution < -0.4 is 0 Å². The van der Waals surface area contributed by atoms with Gasteiger partial charge < -0.3 is 10.2 Å². The highest BCUT2D eigenvalue weighted by atomic mass is 16.4. The molecular formula is C20H36O4. The van der Waals surface area contributed by atoms with Crippen LogP contribution in [0, 0.1) is 0 Å². The van der Waals surface area contributed by atoms with E-state index in [1.54, 1.807) is 6.08 Å². The van der Waals surface area contributed by atoms with Crippen molar-refractivity contribution in [1.29, 1.82) is 0 Å². The van der Waals surface area contributed by atoms with Gasteiger partial charge in [-0.05, 0) is 12.8 Å². The molecule has 0 fully saturated rings. The Kier molecular flexibility index (Phi) is 15.6. The lowest BCUT2D eigenvalue weighted by Crippen LogP contribution is -2.06. The second-order valence-electron chi connectivity index (χ2n) is 6.64. The first-order chi connectivity index (χ1) is 11.6. The molecule has 4 heteroatoms. The topological polar surface area (TPSA) is 74.6 Å². The lowest BCUT2D eigenvalue weighted by atomic mass is 10.0. The molecule has 0 radical (unpaired) electrons. The van der Waals surface area contributed by atoms with E-state index in [1.165, 1.54) is 70.6 Å². The quantitative estimate of drug-likeness (QED) is 0.253. The zero-order valence-corrected chi connectivity index (χ0v) is 15.4. The summed E-state index contributed by atoms with van der Waals surface area (Å²) in [6.45, 7) is 2.25. The van der Waals surface area contributed by atoms with E-state index in [4.69, 9.17) is 10.2 Å². The maximum absolute atomic E-state index is 10.9. The number of allylic oxidation sites excluding steroid dienone is 1. The van der Waals surface area contributed by atoms with Crippen molar-refractivity contribution >= 4 is 11.9 Å². The van der Waals surface area contributed by atoms with Crippen LogP contribution in [0.25, 0.3) is 0 Å². The Balaban J connectivity index is 3.41. The molecule has 0 aliphatic rings. The van der Waals surface area contributed by atoms with Gasteiger partial charge in [-0.25, -0.2) is 4.79 Å². The molecule has 0 rings (SSSR count). The Morgan fingerprint density at radius 2 is 1.12 bits per heavy atom. The molecule has 0 saturated heterocycles. The molecule has 0 aromatic heterocycles. The molecule has 2 N–H and O–H groups in total. The number of hydrogen-bond donors (Lipinski definition) is 2. The first-order valence-electron chi connectivity index (χ1n) is 9.72. The van der Waals surface area contributed by atoms with Gasteiger partial charge in [-0.1, -0.05) is 90.0 Å². The first-order valence-corrected chi connectivity index (χ1v) is 9.72. The number of rotatable bonds is 17. The number of carboxylic acid groups (broad SMARTS) is 2. The Hall–Kier alpha value is -1.32. The fourth-order valence-electron chi connectivity index (χ4n) is 2.84. The van der Waals surface area contributed by atoms with Crippen LogP contribution >= 0.6 is 0 Å². The van der Waals surface area contributed by atoms with Crippen LogP contribution in [0.4, 0.5) is 0 Å². The third-order valence-corrected chi connectivity index (χ3v) is 4.31. The molecule has 0 spiro atoms. The monoisotopic (exact) mass is 340 g/mol. The highest BCUT2D eigenvalue weighted by Gasteiger charge is 2.10. The average molecular weight is 341 g/mol. The molecular weight excluding hydrogens is 304 g/mol. The summed E-state index contributed by atoms with van der Waals surface area (Å²) in [5.41, 5.74) is 0.00133. The smallest absolute Gasteiger partial charge is 0.331 e. The number of unbranched alkanes of at least 4 members (excludes halogenated alkanes) is 13. The second kappa shape index (κ2) is 16.5. The van der Waals surface area contributed by atoms with Crippen LogP contribution in [0.5, 0.6) is 0 Å². The SMILES string of the molecule is CCCCCCCCCCCCCCCC=C(CC(=O)O)C(=O)O. The zero-order chi connectivity index (χ0) is 18.0. The number of carbonyl (C=O) groups is 2. The van der Waals surface area contributed by atoms with Crippen molar-refractivity contribution in [3.63, 3.8) is 0 Å². The molecule has 0 aromatic carbocycles. The van der Waals surface area contributed by atoms with Crippen LogP contribution in [-0.2, 0) is 9.59 Å². The molecule has 0 atom stereocenters. The van der Waals surface area contributed by atoms with Gasteiger partial charge in [0.25, 0.3) is 0 Å².